The number of hydrogen-bond acceptors (Lipinski definition) is 4. The minimum atomic E-state index is -0.232. The Balaban J connectivity index is 1.81. The van der Waals surface area contributed by atoms with Crippen LogP contribution in [0.4, 0.5) is 10.3 Å². The van der Waals surface area contributed by atoms with E-state index in [1.807, 2.05) is 6.07 Å². The lowest BCUT2D eigenvalue weighted by molar-refractivity contribution is 0.496. The van der Waals surface area contributed by atoms with Crippen LogP contribution in [-0.2, 0) is 0 Å². The summed E-state index contributed by atoms with van der Waals surface area (Å²) in [5, 5.41) is 7.10. The summed E-state index contributed by atoms with van der Waals surface area (Å²) in [6.45, 7) is 3.46. The number of nitrogens with one attached hydrogen (secondary N) is 1. The van der Waals surface area contributed by atoms with E-state index in [9.17, 15) is 4.39 Å². The smallest absolute Gasteiger partial charge is 0.245 e. The zero-order valence-corrected chi connectivity index (χ0v) is 11.4. The van der Waals surface area contributed by atoms with Crippen LogP contribution in [0.2, 0.25) is 0 Å². The van der Waals surface area contributed by atoms with Gasteiger partial charge in [-0.15, -0.1) is 5.10 Å². The van der Waals surface area contributed by atoms with Gasteiger partial charge >= 0.3 is 0 Å². The third-order valence-corrected chi connectivity index (χ3v) is 3.74. The molecular weight excluding hydrogens is 257 g/mol. The van der Waals surface area contributed by atoms with Crippen molar-refractivity contribution in [1.29, 1.82) is 0 Å². The van der Waals surface area contributed by atoms with Crippen molar-refractivity contribution in [2.24, 2.45) is 5.73 Å². The predicted octanol–water partition coefficient (Wildman–Crippen LogP) is 1.85. The second-order valence-electron chi connectivity index (χ2n) is 5.27. The fourth-order valence-corrected chi connectivity index (χ4v) is 2.36. The highest BCUT2D eigenvalue weighted by Gasteiger charge is 2.19. The largest absolute Gasteiger partial charge is 0.339 e. The van der Waals surface area contributed by atoms with Crippen molar-refractivity contribution in [3.05, 3.63) is 29.6 Å². The van der Waals surface area contributed by atoms with Crippen LogP contribution >= 0.6 is 0 Å². The van der Waals surface area contributed by atoms with Crippen LogP contribution in [0.25, 0.3) is 11.4 Å². The molecule has 1 aliphatic heterocycles. The van der Waals surface area contributed by atoms with Gasteiger partial charge in [0.25, 0.3) is 0 Å². The molecule has 1 aliphatic rings. The molecule has 0 bridgehead atoms. The first-order valence-corrected chi connectivity index (χ1v) is 6.83. The van der Waals surface area contributed by atoms with Crippen molar-refractivity contribution < 1.29 is 4.39 Å². The summed E-state index contributed by atoms with van der Waals surface area (Å²) in [6.07, 6.45) is 1.89. The van der Waals surface area contributed by atoms with Crippen molar-refractivity contribution in [3.8, 4) is 11.4 Å². The second kappa shape index (κ2) is 5.20. The Morgan fingerprint density at radius 3 is 2.80 bits per heavy atom. The van der Waals surface area contributed by atoms with Gasteiger partial charge in [-0.1, -0.05) is 12.1 Å². The highest BCUT2D eigenvalue weighted by molar-refractivity contribution is 5.57. The molecule has 2 heterocycles. The van der Waals surface area contributed by atoms with Gasteiger partial charge in [-0.05, 0) is 31.4 Å². The maximum Gasteiger partial charge on any atom is 0.245 e. The maximum atomic E-state index is 13.6. The molecule has 3 rings (SSSR count). The molecule has 106 valence electrons. The molecule has 20 heavy (non-hydrogen) atoms. The Kier molecular flexibility index (Phi) is 3.40. The van der Waals surface area contributed by atoms with Crippen molar-refractivity contribution in [2.45, 2.75) is 25.8 Å². The number of aryl methyl sites for hydroxylation is 1. The fourth-order valence-electron chi connectivity index (χ4n) is 2.36. The van der Waals surface area contributed by atoms with Crippen LogP contribution in [0.3, 0.4) is 0 Å². The van der Waals surface area contributed by atoms with Gasteiger partial charge in [-0.3, -0.25) is 5.10 Å². The van der Waals surface area contributed by atoms with Crippen molar-refractivity contribution in [2.75, 3.05) is 18.0 Å². The van der Waals surface area contributed by atoms with Crippen LogP contribution in [0.5, 0.6) is 0 Å². The average molecular weight is 275 g/mol. The van der Waals surface area contributed by atoms with E-state index in [1.165, 1.54) is 6.07 Å². The van der Waals surface area contributed by atoms with Gasteiger partial charge in [0.2, 0.25) is 5.95 Å². The zero-order valence-electron chi connectivity index (χ0n) is 11.4. The molecule has 1 fully saturated rings. The Morgan fingerprint density at radius 1 is 1.35 bits per heavy atom. The fraction of sp³-hybridized carbons (Fsp3) is 0.429. The Bertz CT molecular complexity index is 601. The number of piperidine rings is 1. The molecule has 5 nitrogen and oxygen atoms in total. The molecular formula is C14H18FN5. The van der Waals surface area contributed by atoms with E-state index in [2.05, 4.69) is 20.1 Å². The number of halogens is 1. The molecule has 2 aromatic rings. The number of nitrogens with two attached hydrogens (primary N) is 1. The first-order valence-electron chi connectivity index (χ1n) is 6.83. The highest BCUT2D eigenvalue weighted by atomic mass is 19.1. The van der Waals surface area contributed by atoms with Crippen LogP contribution < -0.4 is 10.6 Å². The van der Waals surface area contributed by atoms with Gasteiger partial charge in [0, 0.05) is 24.7 Å². The normalized spacial score (nSPS) is 16.6. The highest BCUT2D eigenvalue weighted by Crippen LogP contribution is 2.21. The van der Waals surface area contributed by atoms with Crippen LogP contribution in [-0.4, -0.2) is 34.3 Å². The average Bonchev–Trinajstić information content (AvgIpc) is 2.92. The molecule has 1 saturated heterocycles. The van der Waals surface area contributed by atoms with Crippen LogP contribution in [0, 0.1) is 12.7 Å². The van der Waals surface area contributed by atoms with Gasteiger partial charge in [0.05, 0.1) is 0 Å². The van der Waals surface area contributed by atoms with Crippen molar-refractivity contribution in [3.63, 3.8) is 0 Å². The number of aromatic amines is 1. The van der Waals surface area contributed by atoms with E-state index in [-0.39, 0.29) is 11.9 Å². The number of aromatic nitrogens is 3. The maximum absolute atomic E-state index is 13.6. The second-order valence-corrected chi connectivity index (χ2v) is 5.27. The summed E-state index contributed by atoms with van der Waals surface area (Å²) in [5.74, 6) is 1.02. The summed E-state index contributed by atoms with van der Waals surface area (Å²) in [4.78, 5) is 6.56. The van der Waals surface area contributed by atoms with Crippen LogP contribution in [0.1, 0.15) is 18.4 Å². The lowest BCUT2D eigenvalue weighted by Gasteiger charge is -2.28. The molecule has 0 aliphatic carbocycles. The van der Waals surface area contributed by atoms with E-state index in [4.69, 9.17) is 5.73 Å². The summed E-state index contributed by atoms with van der Waals surface area (Å²) in [7, 11) is 0. The first-order chi connectivity index (χ1) is 9.63. The van der Waals surface area contributed by atoms with E-state index >= 15 is 0 Å². The van der Waals surface area contributed by atoms with E-state index in [0.29, 0.717) is 22.9 Å². The quantitative estimate of drug-likeness (QED) is 0.877. The molecule has 1 aromatic heterocycles. The van der Waals surface area contributed by atoms with Crippen LogP contribution in [0.15, 0.2) is 18.2 Å². The SMILES string of the molecule is Cc1ccc(-c2nc(N3CCC(N)CC3)n[nH]2)cc1F. The summed E-state index contributed by atoms with van der Waals surface area (Å²) in [5.41, 5.74) is 7.22. The van der Waals surface area contributed by atoms with Crippen molar-refractivity contribution in [1.82, 2.24) is 15.2 Å². The first kappa shape index (κ1) is 13.1. The summed E-state index contributed by atoms with van der Waals surface area (Å²) in [6, 6.07) is 5.34. The molecule has 1 aromatic carbocycles. The van der Waals surface area contributed by atoms with Gasteiger partial charge in [-0.2, -0.15) is 4.98 Å². The van der Waals surface area contributed by atoms with Gasteiger partial charge < -0.3 is 10.6 Å². The topological polar surface area (TPSA) is 70.8 Å². The molecule has 0 amide bonds. The Hall–Kier alpha value is -1.95. The van der Waals surface area contributed by atoms with Gasteiger partial charge in [0.1, 0.15) is 5.82 Å². The van der Waals surface area contributed by atoms with E-state index < -0.39 is 0 Å². The predicted molar refractivity (Wildman–Crippen MR) is 75.9 cm³/mol. The zero-order chi connectivity index (χ0) is 14.1. The minimum absolute atomic E-state index is 0.232. The molecule has 0 atom stereocenters. The number of H-pyrrole nitrogens is 1. The monoisotopic (exact) mass is 275 g/mol. The molecule has 6 heteroatoms. The third-order valence-electron chi connectivity index (χ3n) is 3.74. The molecule has 3 N–H and O–H groups in total. The van der Waals surface area contributed by atoms with E-state index in [0.717, 1.165) is 25.9 Å². The number of benzene rings is 1. The lowest BCUT2D eigenvalue weighted by Crippen LogP contribution is -2.40. The molecule has 0 unspecified atom stereocenters. The number of rotatable bonds is 2. The molecule has 0 radical (unpaired) electrons. The number of anilines is 1. The van der Waals surface area contributed by atoms with Gasteiger partial charge in [-0.25, -0.2) is 4.39 Å². The van der Waals surface area contributed by atoms with E-state index in [1.54, 1.807) is 13.0 Å². The number of hydrogen-bond donors (Lipinski definition) is 2. The number of nitrogens with zero attached hydrogens (tertiary/aromatic N) is 3. The standard InChI is InChI=1S/C14H18FN5/c1-9-2-3-10(8-12(9)15)13-17-14(19-18-13)20-6-4-11(16)5-7-20/h2-3,8,11H,4-7,16H2,1H3,(H,17,18,19). The summed E-state index contributed by atoms with van der Waals surface area (Å²) < 4.78 is 13.6. The van der Waals surface area contributed by atoms with Crippen molar-refractivity contribution >= 4 is 5.95 Å². The lowest BCUT2D eigenvalue weighted by atomic mass is 10.1. The Labute approximate surface area is 117 Å². The minimum Gasteiger partial charge on any atom is -0.339 e. The molecule has 0 saturated carbocycles. The van der Waals surface area contributed by atoms with Gasteiger partial charge in [0.15, 0.2) is 5.82 Å². The third kappa shape index (κ3) is 2.51. The Morgan fingerprint density at radius 2 is 2.10 bits per heavy atom. The summed E-state index contributed by atoms with van der Waals surface area (Å²) >= 11 is 0. The molecule has 0 spiro atoms.